The summed E-state index contributed by atoms with van der Waals surface area (Å²) in [6.45, 7) is 10.7. The van der Waals surface area contributed by atoms with Crippen LogP contribution < -0.4 is 15.0 Å². The molecule has 150 valence electrons. The highest BCUT2D eigenvalue weighted by molar-refractivity contribution is 5.78. The van der Waals surface area contributed by atoms with Crippen LogP contribution in [0.2, 0.25) is 0 Å². The Balaban J connectivity index is 1.51. The van der Waals surface area contributed by atoms with Crippen LogP contribution in [0.15, 0.2) is 42.5 Å². The minimum atomic E-state index is -0.109. The van der Waals surface area contributed by atoms with Crippen molar-refractivity contribution < 1.29 is 9.53 Å². The van der Waals surface area contributed by atoms with Crippen molar-refractivity contribution in [1.29, 1.82) is 0 Å². The fourth-order valence-corrected chi connectivity index (χ4v) is 3.63. The summed E-state index contributed by atoms with van der Waals surface area (Å²) in [6.07, 6.45) is 2.52. The van der Waals surface area contributed by atoms with E-state index in [4.69, 9.17) is 4.74 Å². The van der Waals surface area contributed by atoms with Crippen molar-refractivity contribution >= 4 is 11.6 Å². The fraction of sp³-hybridized carbons (Fsp3) is 0.458. The maximum atomic E-state index is 12.3. The molecule has 0 saturated carbocycles. The summed E-state index contributed by atoms with van der Waals surface area (Å²) >= 11 is 0. The molecule has 4 heteroatoms. The third-order valence-corrected chi connectivity index (χ3v) is 5.83. The molecule has 1 heterocycles. The number of ether oxygens (including phenoxy) is 1. The second kappa shape index (κ2) is 9.13. The first-order chi connectivity index (χ1) is 13.4. The number of benzene rings is 2. The fourth-order valence-electron chi connectivity index (χ4n) is 3.63. The van der Waals surface area contributed by atoms with Gasteiger partial charge in [-0.1, -0.05) is 31.2 Å². The number of nitrogens with one attached hydrogen (secondary N) is 1. The molecule has 1 saturated heterocycles. The molecule has 1 aliphatic heterocycles. The molecule has 1 aliphatic rings. The standard InChI is InChI=1S/C24H32N2O2/c1-17-12-14-26(15-13-17)22-10-8-21(9-11-22)20(4)25-24(27)16-28-23-7-5-6-18(2)19(23)3/h5-11,17,20H,12-16H2,1-4H3,(H,25,27)/t20-/m1/s1. The summed E-state index contributed by atoms with van der Waals surface area (Å²) in [4.78, 5) is 14.7. The van der Waals surface area contributed by atoms with E-state index < -0.39 is 0 Å². The lowest BCUT2D eigenvalue weighted by Crippen LogP contribution is -2.33. The van der Waals surface area contributed by atoms with Gasteiger partial charge in [0.1, 0.15) is 5.75 Å². The molecule has 3 rings (SSSR count). The Bertz CT molecular complexity index is 793. The van der Waals surface area contributed by atoms with Crippen LogP contribution in [0.1, 0.15) is 49.4 Å². The number of amides is 1. The van der Waals surface area contributed by atoms with Crippen molar-refractivity contribution in [2.45, 2.75) is 46.6 Å². The number of aryl methyl sites for hydroxylation is 1. The van der Waals surface area contributed by atoms with Crippen molar-refractivity contribution in [2.75, 3.05) is 24.6 Å². The predicted octanol–water partition coefficient (Wildman–Crippen LogP) is 4.80. The molecule has 1 amide bonds. The van der Waals surface area contributed by atoms with Gasteiger partial charge in [-0.25, -0.2) is 0 Å². The average molecular weight is 381 g/mol. The summed E-state index contributed by atoms with van der Waals surface area (Å²) < 4.78 is 5.70. The Morgan fingerprint density at radius 1 is 1.14 bits per heavy atom. The lowest BCUT2D eigenvalue weighted by Gasteiger charge is -2.32. The largest absolute Gasteiger partial charge is 0.483 e. The second-order valence-electron chi connectivity index (χ2n) is 8.04. The molecule has 1 fully saturated rings. The highest BCUT2D eigenvalue weighted by Crippen LogP contribution is 2.25. The SMILES string of the molecule is Cc1cccc(OCC(=O)N[C@H](C)c2ccc(N3CCC(C)CC3)cc2)c1C. The third kappa shape index (κ3) is 5.06. The molecule has 0 radical (unpaired) electrons. The Morgan fingerprint density at radius 3 is 2.50 bits per heavy atom. The van der Waals surface area contributed by atoms with Crippen LogP contribution in [0, 0.1) is 19.8 Å². The molecule has 0 unspecified atom stereocenters. The zero-order valence-corrected chi connectivity index (χ0v) is 17.5. The number of carbonyl (C=O) groups is 1. The normalized spacial score (nSPS) is 15.9. The van der Waals surface area contributed by atoms with Crippen molar-refractivity contribution in [3.63, 3.8) is 0 Å². The van der Waals surface area contributed by atoms with E-state index in [0.717, 1.165) is 41.4 Å². The van der Waals surface area contributed by atoms with Crippen LogP contribution in [0.5, 0.6) is 5.75 Å². The van der Waals surface area contributed by atoms with E-state index in [-0.39, 0.29) is 18.6 Å². The van der Waals surface area contributed by atoms with Gasteiger partial charge in [-0.3, -0.25) is 4.79 Å². The van der Waals surface area contributed by atoms with Crippen LogP contribution in [-0.4, -0.2) is 25.6 Å². The number of hydrogen-bond donors (Lipinski definition) is 1. The van der Waals surface area contributed by atoms with Gasteiger partial charge in [-0.15, -0.1) is 0 Å². The number of nitrogens with zero attached hydrogens (tertiary/aromatic N) is 1. The van der Waals surface area contributed by atoms with Gasteiger partial charge in [-0.2, -0.15) is 0 Å². The molecular formula is C24H32N2O2. The maximum Gasteiger partial charge on any atom is 0.258 e. The molecule has 0 spiro atoms. The van der Waals surface area contributed by atoms with E-state index in [9.17, 15) is 4.79 Å². The second-order valence-corrected chi connectivity index (χ2v) is 8.04. The van der Waals surface area contributed by atoms with Gasteiger partial charge in [-0.05, 0) is 74.4 Å². The molecule has 1 N–H and O–H groups in total. The van der Waals surface area contributed by atoms with E-state index in [1.165, 1.54) is 18.5 Å². The van der Waals surface area contributed by atoms with Crippen LogP contribution in [-0.2, 0) is 4.79 Å². The first-order valence-corrected chi connectivity index (χ1v) is 10.3. The van der Waals surface area contributed by atoms with Crippen LogP contribution in [0.3, 0.4) is 0 Å². The smallest absolute Gasteiger partial charge is 0.258 e. The summed E-state index contributed by atoms with van der Waals surface area (Å²) in [6, 6.07) is 14.4. The van der Waals surface area contributed by atoms with Crippen molar-refractivity contribution in [3.8, 4) is 5.75 Å². The lowest BCUT2D eigenvalue weighted by atomic mass is 9.98. The number of piperidine rings is 1. The zero-order valence-electron chi connectivity index (χ0n) is 17.5. The van der Waals surface area contributed by atoms with Crippen LogP contribution in [0.4, 0.5) is 5.69 Å². The van der Waals surface area contributed by atoms with Gasteiger partial charge in [0.2, 0.25) is 0 Å². The highest BCUT2D eigenvalue weighted by atomic mass is 16.5. The van der Waals surface area contributed by atoms with E-state index in [1.807, 2.05) is 39.0 Å². The van der Waals surface area contributed by atoms with E-state index >= 15 is 0 Å². The summed E-state index contributed by atoms with van der Waals surface area (Å²) in [7, 11) is 0. The molecule has 0 aliphatic carbocycles. The van der Waals surface area contributed by atoms with Crippen molar-refractivity contribution in [1.82, 2.24) is 5.32 Å². The van der Waals surface area contributed by atoms with Crippen molar-refractivity contribution in [2.24, 2.45) is 5.92 Å². The Labute approximate surface area is 168 Å². The summed E-state index contributed by atoms with van der Waals surface area (Å²) in [5.41, 5.74) is 4.61. The van der Waals surface area contributed by atoms with Gasteiger partial charge in [0.25, 0.3) is 5.91 Å². The third-order valence-electron chi connectivity index (χ3n) is 5.83. The summed E-state index contributed by atoms with van der Waals surface area (Å²) in [5, 5.41) is 3.03. The van der Waals surface area contributed by atoms with Crippen molar-refractivity contribution in [3.05, 3.63) is 59.2 Å². The molecule has 0 bridgehead atoms. The van der Waals surface area contributed by atoms with Gasteiger partial charge in [0.15, 0.2) is 6.61 Å². The van der Waals surface area contributed by atoms with E-state index in [0.29, 0.717) is 0 Å². The maximum absolute atomic E-state index is 12.3. The van der Waals surface area contributed by atoms with E-state index in [1.54, 1.807) is 0 Å². The highest BCUT2D eigenvalue weighted by Gasteiger charge is 2.17. The number of carbonyl (C=O) groups excluding carboxylic acids is 1. The summed E-state index contributed by atoms with van der Waals surface area (Å²) in [5.74, 6) is 1.49. The minimum absolute atomic E-state index is 0.0265. The Kier molecular flexibility index (Phi) is 6.61. The molecule has 4 nitrogen and oxygen atoms in total. The predicted molar refractivity (Wildman–Crippen MR) is 115 cm³/mol. The monoisotopic (exact) mass is 380 g/mol. The zero-order chi connectivity index (χ0) is 20.1. The first kappa shape index (κ1) is 20.2. The molecular weight excluding hydrogens is 348 g/mol. The number of hydrogen-bond acceptors (Lipinski definition) is 3. The van der Waals surface area contributed by atoms with Gasteiger partial charge < -0.3 is 15.0 Å². The number of anilines is 1. The average Bonchev–Trinajstić information content (AvgIpc) is 2.70. The van der Waals surface area contributed by atoms with Gasteiger partial charge in [0.05, 0.1) is 6.04 Å². The van der Waals surface area contributed by atoms with Gasteiger partial charge in [0, 0.05) is 18.8 Å². The minimum Gasteiger partial charge on any atom is -0.483 e. The number of rotatable bonds is 6. The van der Waals surface area contributed by atoms with E-state index in [2.05, 4.69) is 41.4 Å². The van der Waals surface area contributed by atoms with Crippen LogP contribution >= 0.6 is 0 Å². The molecule has 0 aromatic heterocycles. The van der Waals surface area contributed by atoms with Crippen LogP contribution in [0.25, 0.3) is 0 Å². The Hall–Kier alpha value is -2.49. The Morgan fingerprint density at radius 2 is 1.82 bits per heavy atom. The van der Waals surface area contributed by atoms with Gasteiger partial charge >= 0.3 is 0 Å². The molecule has 28 heavy (non-hydrogen) atoms. The lowest BCUT2D eigenvalue weighted by molar-refractivity contribution is -0.123. The molecule has 2 aromatic carbocycles. The quantitative estimate of drug-likeness (QED) is 0.783. The topological polar surface area (TPSA) is 41.6 Å². The molecule has 1 atom stereocenters. The first-order valence-electron chi connectivity index (χ1n) is 10.3. The molecule has 2 aromatic rings.